The lowest BCUT2D eigenvalue weighted by atomic mass is 9.85. The highest BCUT2D eigenvalue weighted by molar-refractivity contribution is 5.95. The van der Waals surface area contributed by atoms with E-state index in [0.29, 0.717) is 17.2 Å². The number of aromatic hydroxyl groups is 2. The molecule has 1 saturated heterocycles. The van der Waals surface area contributed by atoms with Crippen molar-refractivity contribution in [2.75, 3.05) is 19.6 Å². The molecule has 0 radical (unpaired) electrons. The van der Waals surface area contributed by atoms with E-state index in [1.165, 1.54) is 37.7 Å². The van der Waals surface area contributed by atoms with E-state index in [1.807, 2.05) is 19.1 Å². The minimum absolute atomic E-state index is 0.163. The molecular weight excluding hydrogens is 429 g/mol. The number of phenols is 2. The molecule has 5 rings (SSSR count). The molecule has 176 valence electrons. The number of fused-ring (bicyclic) bond motifs is 1. The van der Waals surface area contributed by atoms with Gasteiger partial charge in [0, 0.05) is 30.8 Å². The minimum Gasteiger partial charge on any atom is -0.508 e. The van der Waals surface area contributed by atoms with Crippen molar-refractivity contribution in [3.8, 4) is 17.2 Å². The molecule has 3 aromatic carbocycles. The summed E-state index contributed by atoms with van der Waals surface area (Å²) in [6.45, 7) is 7.61. The summed E-state index contributed by atoms with van der Waals surface area (Å²) in [5, 5.41) is 19.7. The molecule has 0 aliphatic carbocycles. The normalized spacial score (nSPS) is 18.4. The van der Waals surface area contributed by atoms with Crippen LogP contribution in [-0.4, -0.2) is 34.7 Å². The molecule has 34 heavy (non-hydrogen) atoms. The second-order valence-corrected chi connectivity index (χ2v) is 9.46. The number of allylic oxidation sites excluding steroid dienone is 1. The zero-order valence-electron chi connectivity index (χ0n) is 19.6. The molecule has 4 nitrogen and oxygen atoms in total. The third-order valence-corrected chi connectivity index (χ3v) is 6.88. The van der Waals surface area contributed by atoms with E-state index in [-0.39, 0.29) is 11.5 Å². The molecule has 3 aromatic rings. The van der Waals surface area contributed by atoms with Crippen LogP contribution in [0, 0.1) is 11.7 Å². The van der Waals surface area contributed by atoms with Gasteiger partial charge in [0.1, 0.15) is 29.2 Å². The number of hydrogen-bond donors (Lipinski definition) is 2. The maximum absolute atomic E-state index is 14.8. The maximum Gasteiger partial charge on any atom is 0.150 e. The first kappa shape index (κ1) is 22.5. The first-order chi connectivity index (χ1) is 16.4. The second kappa shape index (κ2) is 9.15. The average molecular weight is 460 g/mol. The van der Waals surface area contributed by atoms with Crippen molar-refractivity contribution in [2.24, 2.45) is 5.92 Å². The Morgan fingerprint density at radius 1 is 0.971 bits per heavy atom. The van der Waals surface area contributed by atoms with Gasteiger partial charge in [0.15, 0.2) is 0 Å². The van der Waals surface area contributed by atoms with Crippen LogP contribution in [0.2, 0.25) is 0 Å². The number of benzene rings is 3. The zero-order valence-corrected chi connectivity index (χ0v) is 19.6. The number of phenolic OH excluding ortho intramolecular Hbond substituents is 2. The first-order valence-corrected chi connectivity index (χ1v) is 11.9. The molecular formula is C29H30FNO3. The summed E-state index contributed by atoms with van der Waals surface area (Å²) in [6.07, 6.45) is 1.80. The van der Waals surface area contributed by atoms with Crippen LogP contribution in [0.1, 0.15) is 48.6 Å². The van der Waals surface area contributed by atoms with Gasteiger partial charge in [-0.15, -0.1) is 0 Å². The Balaban J connectivity index is 1.47. The summed E-state index contributed by atoms with van der Waals surface area (Å²) >= 11 is 0. The molecule has 1 fully saturated rings. The zero-order chi connectivity index (χ0) is 23.8. The van der Waals surface area contributed by atoms with E-state index >= 15 is 0 Å². The summed E-state index contributed by atoms with van der Waals surface area (Å²) < 4.78 is 21.2. The first-order valence-electron chi connectivity index (χ1n) is 11.9. The summed E-state index contributed by atoms with van der Waals surface area (Å²) in [5.41, 5.74) is 5.07. The minimum atomic E-state index is -0.518. The number of nitrogens with zero attached hydrogens (tertiary/aromatic N) is 1. The highest BCUT2D eigenvalue weighted by Gasteiger charge is 2.32. The van der Waals surface area contributed by atoms with Gasteiger partial charge in [-0.1, -0.05) is 43.3 Å². The van der Waals surface area contributed by atoms with Gasteiger partial charge in [0.2, 0.25) is 0 Å². The van der Waals surface area contributed by atoms with Crippen LogP contribution < -0.4 is 4.74 Å². The van der Waals surface area contributed by atoms with E-state index in [0.717, 1.165) is 34.8 Å². The van der Waals surface area contributed by atoms with E-state index < -0.39 is 11.9 Å². The van der Waals surface area contributed by atoms with E-state index in [1.54, 1.807) is 12.1 Å². The summed E-state index contributed by atoms with van der Waals surface area (Å²) in [5.74, 6) is 0.525. The average Bonchev–Trinajstić information content (AvgIpc) is 2.78. The van der Waals surface area contributed by atoms with Crippen molar-refractivity contribution in [1.29, 1.82) is 0 Å². The number of ether oxygens (including phenoxy) is 1. The molecule has 2 heterocycles. The molecule has 2 N–H and O–H groups in total. The van der Waals surface area contributed by atoms with Gasteiger partial charge in [-0.3, -0.25) is 0 Å². The quantitative estimate of drug-likeness (QED) is 0.462. The fourth-order valence-corrected chi connectivity index (χ4v) is 5.25. The lowest BCUT2D eigenvalue weighted by Gasteiger charge is -2.39. The molecule has 0 amide bonds. The van der Waals surface area contributed by atoms with Gasteiger partial charge in [0.05, 0.1) is 5.56 Å². The third-order valence-electron chi connectivity index (χ3n) is 6.88. The molecule has 0 bridgehead atoms. The Kier molecular flexibility index (Phi) is 6.05. The molecule has 5 heteroatoms. The van der Waals surface area contributed by atoms with Crippen LogP contribution in [0.3, 0.4) is 0 Å². The lowest BCUT2D eigenvalue weighted by molar-refractivity contribution is 0.101. The third kappa shape index (κ3) is 4.28. The van der Waals surface area contributed by atoms with Gasteiger partial charge in [-0.25, -0.2) is 4.39 Å². The van der Waals surface area contributed by atoms with Crippen molar-refractivity contribution >= 4 is 11.1 Å². The number of likely N-dealkylation sites (tertiary alicyclic amines) is 1. The van der Waals surface area contributed by atoms with Gasteiger partial charge in [-0.05, 0) is 66.6 Å². The fourth-order valence-electron chi connectivity index (χ4n) is 5.25. The Labute approximate surface area is 199 Å². The van der Waals surface area contributed by atoms with Gasteiger partial charge in [0.25, 0.3) is 0 Å². The molecule has 2 aliphatic rings. The van der Waals surface area contributed by atoms with Crippen LogP contribution in [0.4, 0.5) is 4.39 Å². The van der Waals surface area contributed by atoms with Crippen molar-refractivity contribution in [3.63, 3.8) is 0 Å². The van der Waals surface area contributed by atoms with Gasteiger partial charge < -0.3 is 19.8 Å². The van der Waals surface area contributed by atoms with Crippen LogP contribution in [0.15, 0.2) is 60.7 Å². The monoisotopic (exact) mass is 459 g/mol. The fraction of sp³-hybridized carbons (Fsp3) is 0.310. The van der Waals surface area contributed by atoms with Crippen molar-refractivity contribution in [3.05, 3.63) is 88.7 Å². The van der Waals surface area contributed by atoms with E-state index in [9.17, 15) is 14.6 Å². The summed E-state index contributed by atoms with van der Waals surface area (Å²) in [4.78, 5) is 2.50. The summed E-state index contributed by atoms with van der Waals surface area (Å²) in [7, 11) is 0. The van der Waals surface area contributed by atoms with Crippen LogP contribution in [0.25, 0.3) is 11.1 Å². The highest BCUT2D eigenvalue weighted by Crippen LogP contribution is 2.48. The van der Waals surface area contributed by atoms with E-state index in [4.69, 9.17) is 4.74 Å². The van der Waals surface area contributed by atoms with Crippen LogP contribution >= 0.6 is 0 Å². The predicted molar refractivity (Wildman–Crippen MR) is 132 cm³/mol. The summed E-state index contributed by atoms with van der Waals surface area (Å²) in [6, 6.07) is 17.9. The Morgan fingerprint density at radius 2 is 1.68 bits per heavy atom. The number of hydrogen-bond acceptors (Lipinski definition) is 4. The van der Waals surface area contributed by atoms with Gasteiger partial charge in [-0.2, -0.15) is 0 Å². The Bertz CT molecular complexity index is 1210. The number of halogens is 1. The Morgan fingerprint density at radius 3 is 2.35 bits per heavy atom. The van der Waals surface area contributed by atoms with Crippen molar-refractivity contribution in [2.45, 2.75) is 32.8 Å². The van der Waals surface area contributed by atoms with Crippen molar-refractivity contribution in [1.82, 2.24) is 4.90 Å². The molecule has 0 spiro atoms. The smallest absolute Gasteiger partial charge is 0.150 e. The highest BCUT2D eigenvalue weighted by atomic mass is 19.1. The molecule has 2 aliphatic heterocycles. The molecule has 0 aromatic heterocycles. The van der Waals surface area contributed by atoms with E-state index in [2.05, 4.69) is 36.1 Å². The predicted octanol–water partition coefficient (Wildman–Crippen LogP) is 6.19. The molecule has 1 unspecified atom stereocenters. The number of rotatable bonds is 6. The van der Waals surface area contributed by atoms with Gasteiger partial charge >= 0.3 is 0 Å². The lowest BCUT2D eigenvalue weighted by Crippen LogP contribution is -2.47. The second-order valence-electron chi connectivity index (χ2n) is 9.46. The maximum atomic E-state index is 14.8. The van der Waals surface area contributed by atoms with Crippen molar-refractivity contribution < 1.29 is 19.3 Å². The largest absolute Gasteiger partial charge is 0.508 e. The SMILES string of the molecule is CCCN1CC(Cc2ccc(C3Oc4cc(O)cc(F)c4C(C)=C3c3ccc(O)cc3)cc2)C1. The molecule has 0 saturated carbocycles. The van der Waals surface area contributed by atoms with Crippen LogP contribution in [-0.2, 0) is 6.42 Å². The van der Waals surface area contributed by atoms with Crippen LogP contribution in [0.5, 0.6) is 17.2 Å². The molecule has 1 atom stereocenters. The standard InChI is InChI=1S/C29H30FNO3/c1-3-12-31-16-20(17-31)13-19-4-6-22(7-5-19)29-27(21-8-10-23(32)11-9-21)18(2)28-25(30)14-24(33)15-26(28)34-29/h4-11,14-15,20,29,32-33H,3,12-13,16-17H2,1-2H3. The topological polar surface area (TPSA) is 52.9 Å². The Hall–Kier alpha value is -3.31.